The van der Waals surface area contributed by atoms with Crippen molar-refractivity contribution in [2.24, 2.45) is 0 Å². The summed E-state index contributed by atoms with van der Waals surface area (Å²) in [6.45, 7) is 3.73. The van der Waals surface area contributed by atoms with Crippen molar-refractivity contribution in [3.63, 3.8) is 0 Å². The molecule has 1 heterocycles. The smallest absolute Gasteiger partial charge is 0.332 e. The average molecular weight is 261 g/mol. The Bertz CT molecular complexity index is 427. The molecule has 1 atom stereocenters. The maximum Gasteiger partial charge on any atom is 0.332 e. The molecule has 1 N–H and O–H groups in total. The van der Waals surface area contributed by atoms with Gasteiger partial charge in [0.25, 0.3) is 0 Å². The van der Waals surface area contributed by atoms with Gasteiger partial charge >= 0.3 is 5.69 Å². The number of aromatic nitrogens is 2. The number of anilines is 1. The minimum atomic E-state index is -0.536. The first kappa shape index (κ1) is 13.6. The molecule has 0 aliphatic carbocycles. The number of rotatable bonds is 5. The molecule has 1 unspecified atom stereocenters. The highest BCUT2D eigenvalue weighted by atomic mass is 35.5. The van der Waals surface area contributed by atoms with Crippen LogP contribution in [-0.2, 0) is 4.74 Å². The number of ether oxygens (including phenoxy) is 1. The van der Waals surface area contributed by atoms with Crippen LogP contribution in [0.3, 0.4) is 0 Å². The molecule has 1 aromatic heterocycles. The van der Waals surface area contributed by atoms with Gasteiger partial charge in [-0.1, -0.05) is 0 Å². The van der Waals surface area contributed by atoms with Crippen LogP contribution in [0, 0.1) is 17.0 Å². The number of hydrogen-bond donors (Lipinski definition) is 1. The number of nitro groups is 1. The summed E-state index contributed by atoms with van der Waals surface area (Å²) in [5, 5.41) is 13.7. The van der Waals surface area contributed by atoms with Crippen molar-refractivity contribution in [1.29, 1.82) is 0 Å². The average Bonchev–Trinajstić information content (AvgIpc) is 2.24. The van der Waals surface area contributed by atoms with Crippen LogP contribution in [0.15, 0.2) is 0 Å². The topological polar surface area (TPSA) is 90.2 Å². The lowest BCUT2D eigenvalue weighted by atomic mass is 10.3. The molecule has 0 spiro atoms. The lowest BCUT2D eigenvalue weighted by Crippen LogP contribution is -2.19. The number of halogens is 1. The van der Waals surface area contributed by atoms with Crippen LogP contribution in [0.2, 0.25) is 5.28 Å². The minimum Gasteiger partial charge on any atom is -0.380 e. The van der Waals surface area contributed by atoms with Gasteiger partial charge in [0.2, 0.25) is 11.1 Å². The van der Waals surface area contributed by atoms with E-state index in [2.05, 4.69) is 15.3 Å². The molecule has 17 heavy (non-hydrogen) atoms. The molecule has 0 bridgehead atoms. The third-order valence-electron chi connectivity index (χ3n) is 2.17. The fourth-order valence-corrected chi connectivity index (χ4v) is 1.41. The van der Waals surface area contributed by atoms with Gasteiger partial charge in [0, 0.05) is 13.7 Å². The van der Waals surface area contributed by atoms with Crippen molar-refractivity contribution < 1.29 is 9.66 Å². The molecule has 0 amide bonds. The summed E-state index contributed by atoms with van der Waals surface area (Å²) >= 11 is 5.66. The highest BCUT2D eigenvalue weighted by Crippen LogP contribution is 2.26. The maximum absolute atomic E-state index is 10.9. The first-order chi connectivity index (χ1) is 7.95. The van der Waals surface area contributed by atoms with Gasteiger partial charge in [0.15, 0.2) is 0 Å². The van der Waals surface area contributed by atoms with E-state index in [1.807, 2.05) is 6.92 Å². The summed E-state index contributed by atoms with van der Waals surface area (Å²) in [6.07, 6.45) is -0.0938. The van der Waals surface area contributed by atoms with Crippen molar-refractivity contribution in [2.75, 3.05) is 19.0 Å². The van der Waals surface area contributed by atoms with Crippen molar-refractivity contribution in [2.45, 2.75) is 20.0 Å². The molecule has 0 radical (unpaired) electrons. The zero-order valence-electron chi connectivity index (χ0n) is 9.73. The molecule has 0 saturated carbocycles. The van der Waals surface area contributed by atoms with Gasteiger partial charge in [-0.25, -0.2) is 4.98 Å². The molecule has 7 nitrogen and oxygen atoms in total. The second kappa shape index (κ2) is 5.74. The molecule has 0 saturated heterocycles. The van der Waals surface area contributed by atoms with Crippen molar-refractivity contribution in [3.05, 3.63) is 21.1 Å². The number of hydrogen-bond acceptors (Lipinski definition) is 6. The van der Waals surface area contributed by atoms with E-state index in [0.717, 1.165) is 0 Å². The normalized spacial score (nSPS) is 12.2. The monoisotopic (exact) mass is 260 g/mol. The third-order valence-corrected chi connectivity index (χ3v) is 2.34. The third kappa shape index (κ3) is 3.50. The van der Waals surface area contributed by atoms with Crippen LogP contribution in [0.5, 0.6) is 0 Å². The predicted molar refractivity (Wildman–Crippen MR) is 63.4 cm³/mol. The summed E-state index contributed by atoms with van der Waals surface area (Å²) in [7, 11) is 1.55. The Labute approximate surface area is 103 Å². The predicted octanol–water partition coefficient (Wildman–Crippen LogP) is 1.79. The summed E-state index contributed by atoms with van der Waals surface area (Å²) in [5.41, 5.74) is 0.0558. The number of aryl methyl sites for hydroxylation is 1. The van der Waals surface area contributed by atoms with E-state index in [1.54, 1.807) is 7.11 Å². The van der Waals surface area contributed by atoms with Crippen molar-refractivity contribution >= 4 is 23.1 Å². The summed E-state index contributed by atoms with van der Waals surface area (Å²) in [4.78, 5) is 17.9. The van der Waals surface area contributed by atoms with E-state index in [1.165, 1.54) is 6.92 Å². The van der Waals surface area contributed by atoms with E-state index in [4.69, 9.17) is 16.3 Å². The van der Waals surface area contributed by atoms with E-state index in [-0.39, 0.29) is 28.6 Å². The van der Waals surface area contributed by atoms with Gasteiger partial charge in [-0.15, -0.1) is 0 Å². The van der Waals surface area contributed by atoms with E-state index >= 15 is 0 Å². The molecule has 0 aliphatic rings. The van der Waals surface area contributed by atoms with Crippen LogP contribution in [0.4, 0.5) is 11.5 Å². The second-order valence-corrected chi connectivity index (χ2v) is 3.80. The Hall–Kier alpha value is -1.47. The molecule has 1 rings (SSSR count). The molecule has 8 heteroatoms. The Morgan fingerprint density at radius 3 is 2.76 bits per heavy atom. The van der Waals surface area contributed by atoms with Crippen LogP contribution < -0.4 is 5.32 Å². The quantitative estimate of drug-likeness (QED) is 0.493. The lowest BCUT2D eigenvalue weighted by molar-refractivity contribution is -0.385. The fourth-order valence-electron chi connectivity index (χ4n) is 1.20. The van der Waals surface area contributed by atoms with Gasteiger partial charge in [-0.3, -0.25) is 10.1 Å². The summed E-state index contributed by atoms with van der Waals surface area (Å²) in [6, 6.07) is 0. The molecular weight excluding hydrogens is 248 g/mol. The Kier molecular flexibility index (Phi) is 4.59. The maximum atomic E-state index is 10.9. The lowest BCUT2D eigenvalue weighted by Gasteiger charge is -2.11. The second-order valence-electron chi connectivity index (χ2n) is 3.46. The van der Waals surface area contributed by atoms with Gasteiger partial charge in [0.05, 0.1) is 11.0 Å². The van der Waals surface area contributed by atoms with E-state index < -0.39 is 4.92 Å². The summed E-state index contributed by atoms with van der Waals surface area (Å²) < 4.78 is 5.02. The molecule has 94 valence electrons. The Morgan fingerprint density at radius 1 is 1.59 bits per heavy atom. The van der Waals surface area contributed by atoms with E-state index in [0.29, 0.717) is 6.54 Å². The first-order valence-electron chi connectivity index (χ1n) is 4.91. The molecule has 0 aromatic carbocycles. The molecular formula is C9H13ClN4O3. The standard InChI is InChI=1S/C9H13ClN4O3/c1-5(17-3)4-11-8-7(14(15)16)6(2)12-9(10)13-8/h5H,4H2,1-3H3,(H,11,12,13). The van der Waals surface area contributed by atoms with Crippen molar-refractivity contribution in [1.82, 2.24) is 9.97 Å². The Balaban J connectivity index is 3.00. The van der Waals surface area contributed by atoms with Crippen molar-refractivity contribution in [3.8, 4) is 0 Å². The number of methoxy groups -OCH3 is 1. The van der Waals surface area contributed by atoms with Gasteiger partial charge in [0.1, 0.15) is 5.69 Å². The van der Waals surface area contributed by atoms with Gasteiger partial charge < -0.3 is 10.1 Å². The van der Waals surface area contributed by atoms with Crippen LogP contribution in [0.25, 0.3) is 0 Å². The summed E-state index contributed by atoms with van der Waals surface area (Å²) in [5.74, 6) is 0.108. The molecule has 0 aliphatic heterocycles. The zero-order valence-corrected chi connectivity index (χ0v) is 10.5. The Morgan fingerprint density at radius 2 is 2.24 bits per heavy atom. The fraction of sp³-hybridized carbons (Fsp3) is 0.556. The zero-order chi connectivity index (χ0) is 13.0. The van der Waals surface area contributed by atoms with Gasteiger partial charge in [-0.05, 0) is 25.4 Å². The first-order valence-corrected chi connectivity index (χ1v) is 5.28. The number of nitrogens with one attached hydrogen (secondary N) is 1. The van der Waals surface area contributed by atoms with E-state index in [9.17, 15) is 10.1 Å². The highest BCUT2D eigenvalue weighted by Gasteiger charge is 2.21. The molecule has 0 fully saturated rings. The minimum absolute atomic E-state index is 0.0272. The highest BCUT2D eigenvalue weighted by molar-refractivity contribution is 6.28. The SMILES string of the molecule is COC(C)CNc1nc(Cl)nc(C)c1[N+](=O)[O-]. The van der Waals surface area contributed by atoms with Crippen LogP contribution >= 0.6 is 11.6 Å². The van der Waals surface area contributed by atoms with Crippen LogP contribution in [0.1, 0.15) is 12.6 Å². The largest absolute Gasteiger partial charge is 0.380 e. The van der Waals surface area contributed by atoms with Gasteiger partial charge in [-0.2, -0.15) is 4.98 Å². The molecule has 1 aromatic rings. The van der Waals surface area contributed by atoms with Crippen LogP contribution in [-0.4, -0.2) is 34.6 Å². The number of nitrogens with zero attached hydrogens (tertiary/aromatic N) is 3.